The zero-order valence-corrected chi connectivity index (χ0v) is 11.8. The normalized spacial score (nSPS) is 11.3. The first-order chi connectivity index (χ1) is 9.42. The number of nitrogens with zero attached hydrogens (tertiary/aromatic N) is 5. The van der Waals surface area contributed by atoms with Gasteiger partial charge in [0.1, 0.15) is 5.75 Å². The number of hydrogen-bond acceptors (Lipinski definition) is 6. The fourth-order valence-electron chi connectivity index (χ4n) is 1.60. The zero-order valence-electron chi connectivity index (χ0n) is 11.0. The lowest BCUT2D eigenvalue weighted by atomic mass is 10.3. The number of carbonyl (C=O) groups is 1. The minimum atomic E-state index is -3.86. The third kappa shape index (κ3) is 2.82. The van der Waals surface area contributed by atoms with E-state index in [-0.39, 0.29) is 5.16 Å². The topological polar surface area (TPSA) is 98.1 Å². The molecule has 1 amide bonds. The number of aromatic nitrogens is 4. The molecule has 1 aromatic heterocycles. The number of para-hydroxylation sites is 1. The molecular formula is C11H13N5O3S. The van der Waals surface area contributed by atoms with Gasteiger partial charge in [-0.05, 0) is 22.6 Å². The smallest absolute Gasteiger partial charge is 0.267 e. The molecule has 0 aliphatic carbocycles. The van der Waals surface area contributed by atoms with E-state index < -0.39 is 21.5 Å². The zero-order chi connectivity index (χ0) is 14.8. The number of hydrogen-bond donors (Lipinski definition) is 0. The van der Waals surface area contributed by atoms with Crippen molar-refractivity contribution in [3.05, 3.63) is 30.3 Å². The van der Waals surface area contributed by atoms with Crippen LogP contribution in [-0.4, -0.2) is 47.3 Å². The van der Waals surface area contributed by atoms with Crippen LogP contribution in [0.2, 0.25) is 0 Å². The Hall–Kier alpha value is -2.29. The summed E-state index contributed by atoms with van der Waals surface area (Å²) in [5, 5.41) is 9.79. The van der Waals surface area contributed by atoms with Gasteiger partial charge in [-0.15, -0.1) is 0 Å². The Labute approximate surface area is 115 Å². The number of rotatable bonds is 4. The van der Waals surface area contributed by atoms with Gasteiger partial charge in [0.15, 0.2) is 0 Å². The highest BCUT2D eigenvalue weighted by Crippen LogP contribution is 2.13. The molecular weight excluding hydrogens is 282 g/mol. The van der Waals surface area contributed by atoms with Gasteiger partial charge in [0.25, 0.3) is 5.16 Å². The summed E-state index contributed by atoms with van der Waals surface area (Å²) in [4.78, 5) is 13.3. The first-order valence-electron chi connectivity index (χ1n) is 5.68. The van der Waals surface area contributed by atoms with E-state index in [9.17, 15) is 13.2 Å². The molecule has 2 aromatic rings. The Morgan fingerprint density at radius 1 is 1.30 bits per heavy atom. The number of aryl methyl sites for hydroxylation is 1. The van der Waals surface area contributed by atoms with Gasteiger partial charge in [-0.25, -0.2) is 13.1 Å². The van der Waals surface area contributed by atoms with E-state index in [4.69, 9.17) is 0 Å². The van der Waals surface area contributed by atoms with Crippen LogP contribution >= 0.6 is 0 Å². The molecule has 1 aromatic carbocycles. The van der Waals surface area contributed by atoms with E-state index in [2.05, 4.69) is 15.5 Å². The number of carbonyl (C=O) groups excluding carboxylic acids is 1. The first-order valence-corrected chi connectivity index (χ1v) is 7.34. The fourth-order valence-corrected chi connectivity index (χ4v) is 2.85. The third-order valence-electron chi connectivity index (χ3n) is 2.69. The average Bonchev–Trinajstić information content (AvgIpc) is 2.85. The molecule has 0 aliphatic rings. The van der Waals surface area contributed by atoms with E-state index in [1.165, 1.54) is 19.0 Å². The lowest BCUT2D eigenvalue weighted by molar-refractivity contribution is -0.115. The van der Waals surface area contributed by atoms with Crippen LogP contribution in [0.3, 0.4) is 0 Å². The van der Waals surface area contributed by atoms with Crippen molar-refractivity contribution in [2.45, 2.75) is 5.16 Å². The molecule has 2 rings (SSSR count). The van der Waals surface area contributed by atoms with Crippen LogP contribution in [0.1, 0.15) is 0 Å². The van der Waals surface area contributed by atoms with Gasteiger partial charge in [-0.1, -0.05) is 23.3 Å². The second-order valence-electron chi connectivity index (χ2n) is 4.13. The maximum Gasteiger partial charge on any atom is 0.267 e. The van der Waals surface area contributed by atoms with Crippen molar-refractivity contribution in [3.8, 4) is 0 Å². The molecule has 0 radical (unpaired) electrons. The Morgan fingerprint density at radius 2 is 1.95 bits per heavy atom. The molecule has 0 N–H and O–H groups in total. The fraction of sp³-hybridized carbons (Fsp3) is 0.273. The van der Waals surface area contributed by atoms with Gasteiger partial charge in [0.2, 0.25) is 15.7 Å². The Kier molecular flexibility index (Phi) is 3.79. The van der Waals surface area contributed by atoms with E-state index in [1.807, 2.05) is 6.07 Å². The van der Waals surface area contributed by atoms with Crippen molar-refractivity contribution in [2.75, 3.05) is 17.7 Å². The molecule has 0 atom stereocenters. The third-order valence-corrected chi connectivity index (χ3v) is 4.22. The summed E-state index contributed by atoms with van der Waals surface area (Å²) in [7, 11) is -0.947. The summed E-state index contributed by atoms with van der Waals surface area (Å²) < 4.78 is 25.1. The van der Waals surface area contributed by atoms with Crippen LogP contribution in [0.15, 0.2) is 35.5 Å². The van der Waals surface area contributed by atoms with Gasteiger partial charge in [0, 0.05) is 19.8 Å². The standard InChI is InChI=1S/C11H13N5O3S/c1-15(9-6-4-3-5-7-9)10(17)8-20(18,19)11-12-13-14-16(11)2/h3-7H,8H2,1-2H3. The summed E-state index contributed by atoms with van der Waals surface area (Å²) >= 11 is 0. The maximum atomic E-state index is 12.0. The minimum Gasteiger partial charge on any atom is -0.315 e. The molecule has 0 bridgehead atoms. The number of benzene rings is 1. The highest BCUT2D eigenvalue weighted by molar-refractivity contribution is 7.92. The maximum absolute atomic E-state index is 12.0. The van der Waals surface area contributed by atoms with E-state index in [1.54, 1.807) is 24.3 Å². The Morgan fingerprint density at radius 3 is 2.50 bits per heavy atom. The summed E-state index contributed by atoms with van der Waals surface area (Å²) in [6, 6.07) is 8.77. The molecule has 0 spiro atoms. The average molecular weight is 295 g/mol. The summed E-state index contributed by atoms with van der Waals surface area (Å²) in [6.45, 7) is 0. The van der Waals surface area contributed by atoms with Crippen molar-refractivity contribution < 1.29 is 13.2 Å². The van der Waals surface area contributed by atoms with Crippen molar-refractivity contribution >= 4 is 21.4 Å². The molecule has 1 heterocycles. The van der Waals surface area contributed by atoms with E-state index in [0.717, 1.165) is 4.68 Å². The summed E-state index contributed by atoms with van der Waals surface area (Å²) in [5.41, 5.74) is 0.615. The van der Waals surface area contributed by atoms with Crippen molar-refractivity contribution in [1.82, 2.24) is 20.2 Å². The quantitative estimate of drug-likeness (QED) is 0.764. The minimum absolute atomic E-state index is 0.327. The highest BCUT2D eigenvalue weighted by Gasteiger charge is 2.27. The predicted molar refractivity (Wildman–Crippen MR) is 70.7 cm³/mol. The number of anilines is 1. The van der Waals surface area contributed by atoms with Crippen LogP contribution in [-0.2, 0) is 21.7 Å². The lowest BCUT2D eigenvalue weighted by Crippen LogP contribution is -2.33. The molecule has 9 heteroatoms. The van der Waals surface area contributed by atoms with Gasteiger partial charge in [-0.3, -0.25) is 4.79 Å². The molecule has 106 valence electrons. The highest BCUT2D eigenvalue weighted by atomic mass is 32.2. The Bertz CT molecular complexity index is 711. The van der Waals surface area contributed by atoms with Crippen LogP contribution in [0.4, 0.5) is 5.69 Å². The van der Waals surface area contributed by atoms with E-state index >= 15 is 0 Å². The molecule has 0 saturated heterocycles. The largest absolute Gasteiger partial charge is 0.315 e. The molecule has 0 saturated carbocycles. The second-order valence-corrected chi connectivity index (χ2v) is 6.02. The molecule has 0 aliphatic heterocycles. The van der Waals surface area contributed by atoms with Crippen LogP contribution < -0.4 is 4.90 Å². The summed E-state index contributed by atoms with van der Waals surface area (Å²) in [6.07, 6.45) is 0. The number of amides is 1. The molecule has 8 nitrogen and oxygen atoms in total. The molecule has 20 heavy (non-hydrogen) atoms. The monoisotopic (exact) mass is 295 g/mol. The van der Waals surface area contributed by atoms with Crippen LogP contribution in [0, 0.1) is 0 Å². The SMILES string of the molecule is CN(C(=O)CS(=O)(=O)c1nnnn1C)c1ccccc1. The van der Waals surface area contributed by atoms with Crippen molar-refractivity contribution in [3.63, 3.8) is 0 Å². The first kappa shape index (κ1) is 14.1. The van der Waals surface area contributed by atoms with Gasteiger partial charge in [0.05, 0.1) is 0 Å². The van der Waals surface area contributed by atoms with Crippen LogP contribution in [0.5, 0.6) is 0 Å². The van der Waals surface area contributed by atoms with Gasteiger partial charge < -0.3 is 4.90 Å². The van der Waals surface area contributed by atoms with Gasteiger partial charge >= 0.3 is 0 Å². The lowest BCUT2D eigenvalue weighted by Gasteiger charge is -2.16. The van der Waals surface area contributed by atoms with Crippen LogP contribution in [0.25, 0.3) is 0 Å². The van der Waals surface area contributed by atoms with Crippen molar-refractivity contribution in [2.24, 2.45) is 7.05 Å². The van der Waals surface area contributed by atoms with Crippen molar-refractivity contribution in [1.29, 1.82) is 0 Å². The number of tetrazole rings is 1. The second kappa shape index (κ2) is 5.37. The number of sulfone groups is 1. The summed E-state index contributed by atoms with van der Waals surface area (Å²) in [5.74, 6) is -1.24. The molecule has 0 unspecified atom stereocenters. The molecule has 0 fully saturated rings. The predicted octanol–water partition coefficient (Wildman–Crippen LogP) is -0.353. The van der Waals surface area contributed by atoms with E-state index in [0.29, 0.717) is 5.69 Å². The Balaban J connectivity index is 2.18. The van der Waals surface area contributed by atoms with Gasteiger partial charge in [-0.2, -0.15) is 0 Å².